The van der Waals surface area contributed by atoms with Crippen molar-refractivity contribution in [2.45, 2.75) is 45.3 Å². The molecule has 0 saturated carbocycles. The fourth-order valence-electron chi connectivity index (χ4n) is 2.20. The maximum absolute atomic E-state index is 9.31. The molecule has 1 unspecified atom stereocenters. The van der Waals surface area contributed by atoms with Crippen molar-refractivity contribution >= 4 is 0 Å². The number of hydrogen-bond donors (Lipinski definition) is 2. The molecule has 4 nitrogen and oxygen atoms in total. The summed E-state index contributed by atoms with van der Waals surface area (Å²) in [4.78, 5) is 0. The minimum absolute atomic E-state index is 0.0188. The van der Waals surface area contributed by atoms with Gasteiger partial charge in [0.15, 0.2) is 0 Å². The maximum atomic E-state index is 9.31. The number of nitrogens with zero attached hydrogens (tertiary/aromatic N) is 1. The predicted octanol–water partition coefficient (Wildman–Crippen LogP) is 2.62. The van der Waals surface area contributed by atoms with Crippen molar-refractivity contribution in [1.29, 1.82) is 5.26 Å². The minimum atomic E-state index is -0.439. The maximum Gasteiger partial charge on any atom is 0.119 e. The Bertz CT molecular complexity index is 442. The fourth-order valence-corrected chi connectivity index (χ4v) is 2.20. The number of nitriles is 1. The molecule has 110 valence electrons. The molecular weight excluding hydrogens is 252 g/mol. The van der Waals surface area contributed by atoms with Crippen LogP contribution in [0.25, 0.3) is 0 Å². The molecule has 0 fully saturated rings. The van der Waals surface area contributed by atoms with Gasteiger partial charge in [-0.3, -0.25) is 5.32 Å². The molecule has 20 heavy (non-hydrogen) atoms. The highest BCUT2D eigenvalue weighted by atomic mass is 16.5. The van der Waals surface area contributed by atoms with Crippen molar-refractivity contribution in [2.24, 2.45) is 0 Å². The zero-order valence-electron chi connectivity index (χ0n) is 12.4. The molecule has 1 aromatic carbocycles. The van der Waals surface area contributed by atoms with Gasteiger partial charge in [0.05, 0.1) is 19.3 Å². The van der Waals surface area contributed by atoms with E-state index in [0.717, 1.165) is 37.1 Å². The smallest absolute Gasteiger partial charge is 0.119 e. The van der Waals surface area contributed by atoms with E-state index in [-0.39, 0.29) is 6.61 Å². The summed E-state index contributed by atoms with van der Waals surface area (Å²) in [6.07, 6.45) is 2.38. The zero-order valence-corrected chi connectivity index (χ0v) is 12.4. The van der Waals surface area contributed by atoms with Crippen molar-refractivity contribution in [2.75, 3.05) is 13.2 Å². The van der Waals surface area contributed by atoms with E-state index < -0.39 is 5.54 Å². The number of benzene rings is 1. The molecule has 0 heterocycles. The van der Waals surface area contributed by atoms with Gasteiger partial charge >= 0.3 is 0 Å². The predicted molar refractivity (Wildman–Crippen MR) is 79.4 cm³/mol. The SMILES string of the molecule is CCNC(C#N)(CC)CCCOc1cccc(CO)c1. The third-order valence-electron chi connectivity index (χ3n) is 3.43. The lowest BCUT2D eigenvalue weighted by Crippen LogP contribution is -2.43. The van der Waals surface area contributed by atoms with Gasteiger partial charge in [0.25, 0.3) is 0 Å². The first-order chi connectivity index (χ1) is 9.69. The van der Waals surface area contributed by atoms with Crippen LogP contribution in [0.1, 0.15) is 38.7 Å². The summed E-state index contributed by atoms with van der Waals surface area (Å²) in [6.45, 7) is 5.42. The van der Waals surface area contributed by atoms with Crippen LogP contribution in [0.3, 0.4) is 0 Å². The summed E-state index contributed by atoms with van der Waals surface area (Å²) >= 11 is 0. The van der Waals surface area contributed by atoms with Crippen LogP contribution in [-0.2, 0) is 6.61 Å². The molecule has 0 radical (unpaired) electrons. The Morgan fingerprint density at radius 3 is 2.80 bits per heavy atom. The molecule has 1 rings (SSSR count). The van der Waals surface area contributed by atoms with E-state index in [2.05, 4.69) is 11.4 Å². The van der Waals surface area contributed by atoms with E-state index in [0.29, 0.717) is 6.61 Å². The van der Waals surface area contributed by atoms with E-state index in [1.807, 2.05) is 38.1 Å². The highest BCUT2D eigenvalue weighted by Gasteiger charge is 2.25. The number of ether oxygens (including phenoxy) is 1. The average Bonchev–Trinajstić information content (AvgIpc) is 2.50. The van der Waals surface area contributed by atoms with Gasteiger partial charge in [-0.1, -0.05) is 26.0 Å². The molecule has 4 heteroatoms. The molecule has 0 saturated heterocycles. The fraction of sp³-hybridized carbons (Fsp3) is 0.562. The van der Waals surface area contributed by atoms with Gasteiger partial charge in [-0.05, 0) is 43.5 Å². The quantitative estimate of drug-likeness (QED) is 0.680. The van der Waals surface area contributed by atoms with Gasteiger partial charge in [0.1, 0.15) is 11.3 Å². The zero-order chi connectivity index (χ0) is 14.8. The van der Waals surface area contributed by atoms with Gasteiger partial charge in [-0.2, -0.15) is 5.26 Å². The molecule has 0 spiro atoms. The van der Waals surface area contributed by atoms with E-state index in [1.165, 1.54) is 0 Å². The van der Waals surface area contributed by atoms with Gasteiger partial charge in [0.2, 0.25) is 0 Å². The van der Waals surface area contributed by atoms with Crippen LogP contribution in [0.15, 0.2) is 24.3 Å². The second kappa shape index (κ2) is 8.57. The Kier molecular flexibility index (Phi) is 7.06. The van der Waals surface area contributed by atoms with Gasteiger partial charge in [0, 0.05) is 0 Å². The van der Waals surface area contributed by atoms with Crippen LogP contribution in [0.4, 0.5) is 0 Å². The molecular formula is C16H24N2O2. The number of aliphatic hydroxyl groups is 1. The van der Waals surface area contributed by atoms with Crippen LogP contribution < -0.4 is 10.1 Å². The Morgan fingerprint density at radius 1 is 1.40 bits per heavy atom. The summed E-state index contributed by atoms with van der Waals surface area (Å²) in [5.74, 6) is 0.763. The van der Waals surface area contributed by atoms with Gasteiger partial charge in [-0.15, -0.1) is 0 Å². The average molecular weight is 276 g/mol. The van der Waals surface area contributed by atoms with Gasteiger partial charge in [-0.25, -0.2) is 0 Å². The molecule has 0 aliphatic heterocycles. The van der Waals surface area contributed by atoms with E-state index in [1.54, 1.807) is 0 Å². The Morgan fingerprint density at radius 2 is 2.20 bits per heavy atom. The number of nitrogens with one attached hydrogen (secondary N) is 1. The first-order valence-electron chi connectivity index (χ1n) is 7.18. The summed E-state index contributed by atoms with van der Waals surface area (Å²) < 4.78 is 5.66. The van der Waals surface area contributed by atoms with Crippen LogP contribution in [0.5, 0.6) is 5.75 Å². The largest absolute Gasteiger partial charge is 0.494 e. The molecule has 2 N–H and O–H groups in total. The van der Waals surface area contributed by atoms with Crippen molar-refractivity contribution < 1.29 is 9.84 Å². The highest BCUT2D eigenvalue weighted by Crippen LogP contribution is 2.18. The summed E-state index contributed by atoms with van der Waals surface area (Å²) in [7, 11) is 0. The first kappa shape index (κ1) is 16.5. The van der Waals surface area contributed by atoms with Crippen LogP contribution in [0, 0.1) is 11.3 Å². The monoisotopic (exact) mass is 276 g/mol. The van der Waals surface area contributed by atoms with E-state index >= 15 is 0 Å². The molecule has 0 aliphatic carbocycles. The lowest BCUT2D eigenvalue weighted by Gasteiger charge is -2.26. The van der Waals surface area contributed by atoms with Crippen molar-refractivity contribution in [1.82, 2.24) is 5.32 Å². The Hall–Kier alpha value is -1.57. The van der Waals surface area contributed by atoms with Crippen LogP contribution >= 0.6 is 0 Å². The van der Waals surface area contributed by atoms with Gasteiger partial charge < -0.3 is 9.84 Å². The first-order valence-corrected chi connectivity index (χ1v) is 7.18. The van der Waals surface area contributed by atoms with E-state index in [4.69, 9.17) is 9.84 Å². The number of rotatable bonds is 9. The van der Waals surface area contributed by atoms with E-state index in [9.17, 15) is 5.26 Å². The lowest BCUT2D eigenvalue weighted by atomic mass is 9.92. The Labute approximate surface area is 121 Å². The summed E-state index contributed by atoms with van der Waals surface area (Å²) in [5.41, 5.74) is 0.403. The molecule has 0 bridgehead atoms. The second-order valence-corrected chi connectivity index (χ2v) is 4.84. The second-order valence-electron chi connectivity index (χ2n) is 4.84. The van der Waals surface area contributed by atoms with Crippen LogP contribution in [0.2, 0.25) is 0 Å². The van der Waals surface area contributed by atoms with Crippen molar-refractivity contribution in [3.63, 3.8) is 0 Å². The molecule has 0 amide bonds. The molecule has 0 aromatic heterocycles. The van der Waals surface area contributed by atoms with Crippen molar-refractivity contribution in [3.8, 4) is 11.8 Å². The highest BCUT2D eigenvalue weighted by molar-refractivity contribution is 5.27. The topological polar surface area (TPSA) is 65.3 Å². The van der Waals surface area contributed by atoms with Crippen LogP contribution in [-0.4, -0.2) is 23.8 Å². The Balaban J connectivity index is 2.42. The molecule has 1 aromatic rings. The normalized spacial score (nSPS) is 13.5. The third kappa shape index (κ3) is 4.84. The number of hydrogen-bond acceptors (Lipinski definition) is 4. The summed E-state index contributed by atoms with van der Waals surface area (Å²) in [6, 6.07) is 9.82. The summed E-state index contributed by atoms with van der Waals surface area (Å²) in [5, 5.41) is 21.6. The van der Waals surface area contributed by atoms with Crippen molar-refractivity contribution in [3.05, 3.63) is 29.8 Å². The minimum Gasteiger partial charge on any atom is -0.494 e. The molecule has 0 aliphatic rings. The lowest BCUT2D eigenvalue weighted by molar-refractivity contribution is 0.271. The number of aliphatic hydroxyl groups excluding tert-OH is 1. The third-order valence-corrected chi connectivity index (χ3v) is 3.43. The standard InChI is InChI=1S/C16H24N2O2/c1-3-16(13-17,18-4-2)9-6-10-20-15-8-5-7-14(11-15)12-19/h5,7-8,11,18-19H,3-4,6,9-10,12H2,1-2H3. The molecule has 1 atom stereocenters.